The molecule has 1 spiro atoms. The Bertz CT molecular complexity index is 1580. The molecule has 0 aromatic heterocycles. The van der Waals surface area contributed by atoms with Gasteiger partial charge in [0.15, 0.2) is 0 Å². The van der Waals surface area contributed by atoms with E-state index in [4.69, 9.17) is 18.9 Å². The van der Waals surface area contributed by atoms with Gasteiger partial charge in [-0.3, -0.25) is 14.5 Å². The number of hydrogen-bond donors (Lipinski definition) is 0. The number of amides is 1. The Morgan fingerprint density at radius 3 is 2.40 bits per heavy atom. The first-order chi connectivity index (χ1) is 22.0. The highest BCUT2D eigenvalue weighted by Crippen LogP contribution is 2.56. The summed E-state index contributed by atoms with van der Waals surface area (Å²) >= 11 is 0. The maximum absolute atomic E-state index is 14.7. The largest absolute Gasteiger partial charge is 0.497 e. The molecule has 3 aliphatic heterocycles. The third kappa shape index (κ3) is 5.08. The number of fused-ring (bicyclic) bond motifs is 5. The summed E-state index contributed by atoms with van der Waals surface area (Å²) in [6.07, 6.45) is 3.09. The molecular formula is C37H42N2O6. The zero-order chi connectivity index (χ0) is 31.1. The van der Waals surface area contributed by atoms with Gasteiger partial charge in [0.05, 0.1) is 51.9 Å². The number of methoxy groups -OCH3 is 3. The minimum absolute atomic E-state index is 0.00648. The van der Waals surface area contributed by atoms with Gasteiger partial charge in [-0.1, -0.05) is 42.5 Å². The number of carbonyl (C=O) groups is 2. The van der Waals surface area contributed by atoms with E-state index in [1.165, 1.54) is 7.11 Å². The van der Waals surface area contributed by atoms with Crippen LogP contribution in [0.4, 0.5) is 5.69 Å². The summed E-state index contributed by atoms with van der Waals surface area (Å²) < 4.78 is 22.8. The number of esters is 1. The van der Waals surface area contributed by atoms with Crippen molar-refractivity contribution in [2.24, 2.45) is 17.8 Å². The number of rotatable bonds is 8. The fraction of sp³-hybridized carbons (Fsp3) is 0.459. The van der Waals surface area contributed by atoms with Crippen LogP contribution in [0.25, 0.3) is 0 Å². The molecule has 236 valence electrons. The van der Waals surface area contributed by atoms with Crippen molar-refractivity contribution in [2.45, 2.75) is 56.4 Å². The molecule has 1 amide bonds. The topological polar surface area (TPSA) is 77.5 Å². The van der Waals surface area contributed by atoms with Crippen LogP contribution in [0.2, 0.25) is 0 Å². The Balaban J connectivity index is 1.17. The molecule has 2 saturated heterocycles. The molecule has 1 saturated carbocycles. The van der Waals surface area contributed by atoms with Crippen molar-refractivity contribution in [3.63, 3.8) is 0 Å². The maximum atomic E-state index is 14.7. The summed E-state index contributed by atoms with van der Waals surface area (Å²) in [4.78, 5) is 32.8. The molecule has 45 heavy (non-hydrogen) atoms. The lowest BCUT2D eigenvalue weighted by atomic mass is 9.62. The first-order valence-corrected chi connectivity index (χ1v) is 16.1. The number of para-hydroxylation sites is 1. The second-order valence-electron chi connectivity index (χ2n) is 13.0. The SMILES string of the molecule is COC(=O)[C@@H]1[C@H]2C[C@@H]3N(CC[C@@]34C(=O)N(Cc3cccc(OC)c3)c3ccccc34)C[C@@H]2CC[C@@H]1OCc1cccc(OC)c1. The summed E-state index contributed by atoms with van der Waals surface area (Å²) in [5.74, 6) is 1.57. The van der Waals surface area contributed by atoms with E-state index in [-0.39, 0.29) is 35.9 Å². The van der Waals surface area contributed by atoms with E-state index >= 15 is 0 Å². The molecule has 0 N–H and O–H groups in total. The molecule has 3 aromatic rings. The third-order valence-electron chi connectivity index (χ3n) is 10.9. The molecule has 7 rings (SSSR count). The normalized spacial score (nSPS) is 28.8. The minimum Gasteiger partial charge on any atom is -0.497 e. The number of ether oxygens (including phenoxy) is 4. The van der Waals surface area contributed by atoms with Gasteiger partial charge in [0.25, 0.3) is 0 Å². The summed E-state index contributed by atoms with van der Waals surface area (Å²) in [6, 6.07) is 24.1. The van der Waals surface area contributed by atoms with E-state index in [0.717, 1.165) is 72.6 Å². The summed E-state index contributed by atoms with van der Waals surface area (Å²) in [5, 5.41) is 0. The van der Waals surface area contributed by atoms with Gasteiger partial charge in [0.2, 0.25) is 5.91 Å². The number of anilines is 1. The van der Waals surface area contributed by atoms with Crippen LogP contribution >= 0.6 is 0 Å². The van der Waals surface area contributed by atoms with Crippen molar-refractivity contribution in [3.05, 3.63) is 89.5 Å². The van der Waals surface area contributed by atoms with Gasteiger partial charge in [0.1, 0.15) is 11.5 Å². The molecule has 0 unspecified atom stereocenters. The Morgan fingerprint density at radius 2 is 1.64 bits per heavy atom. The van der Waals surface area contributed by atoms with Crippen LogP contribution in [0.1, 0.15) is 42.4 Å². The average molecular weight is 611 g/mol. The summed E-state index contributed by atoms with van der Waals surface area (Å²) in [7, 11) is 4.79. The van der Waals surface area contributed by atoms with Gasteiger partial charge in [-0.05, 0) is 91.1 Å². The molecule has 6 atom stereocenters. The van der Waals surface area contributed by atoms with Crippen LogP contribution < -0.4 is 14.4 Å². The summed E-state index contributed by atoms with van der Waals surface area (Å²) in [5.41, 5.74) is 3.49. The molecule has 0 bridgehead atoms. The standard InChI is InChI=1S/C37H42N2O6/c1-42-27-10-6-8-24(18-27)21-39-31-13-5-4-12-30(31)37(36(39)41)16-17-38-22-26-14-15-32(34(35(40)44-3)29(26)20-33(37)38)45-23-25-9-7-11-28(19-25)43-2/h4-13,18-19,26,29,32-34H,14-17,20-23H2,1-3H3/t26-,29-,32-,33-,34+,37-/m0/s1. The van der Waals surface area contributed by atoms with Crippen molar-refractivity contribution in [1.29, 1.82) is 0 Å². The van der Waals surface area contributed by atoms with Crippen LogP contribution in [0.5, 0.6) is 11.5 Å². The van der Waals surface area contributed by atoms with E-state index in [0.29, 0.717) is 19.1 Å². The average Bonchev–Trinajstić information content (AvgIpc) is 3.57. The number of hydrogen-bond acceptors (Lipinski definition) is 7. The Kier molecular flexibility index (Phi) is 8.04. The molecule has 1 aliphatic carbocycles. The van der Waals surface area contributed by atoms with Gasteiger partial charge in [-0.15, -0.1) is 0 Å². The first kappa shape index (κ1) is 29.8. The first-order valence-electron chi connectivity index (χ1n) is 16.1. The van der Waals surface area contributed by atoms with Gasteiger partial charge in [-0.25, -0.2) is 0 Å². The van der Waals surface area contributed by atoms with Gasteiger partial charge in [0, 0.05) is 18.3 Å². The van der Waals surface area contributed by atoms with E-state index in [1.807, 2.05) is 59.5 Å². The fourth-order valence-electron chi connectivity index (χ4n) is 8.83. The number of carbonyl (C=O) groups excluding carboxylic acids is 2. The Labute approximate surface area is 265 Å². The Hall–Kier alpha value is -3.88. The van der Waals surface area contributed by atoms with Crippen LogP contribution in [0, 0.1) is 17.8 Å². The van der Waals surface area contributed by atoms with Gasteiger partial charge >= 0.3 is 5.97 Å². The number of nitrogens with zero attached hydrogens (tertiary/aromatic N) is 2. The second-order valence-corrected chi connectivity index (χ2v) is 13.0. The van der Waals surface area contributed by atoms with Gasteiger partial charge in [-0.2, -0.15) is 0 Å². The fourth-order valence-corrected chi connectivity index (χ4v) is 8.83. The maximum Gasteiger partial charge on any atom is 0.311 e. The van der Waals surface area contributed by atoms with E-state index < -0.39 is 5.41 Å². The summed E-state index contributed by atoms with van der Waals surface area (Å²) in [6.45, 7) is 2.65. The lowest BCUT2D eigenvalue weighted by Crippen LogP contribution is -2.58. The highest BCUT2D eigenvalue weighted by molar-refractivity contribution is 6.09. The monoisotopic (exact) mass is 610 g/mol. The number of piperidine rings is 1. The highest BCUT2D eigenvalue weighted by Gasteiger charge is 2.63. The van der Waals surface area contributed by atoms with E-state index in [9.17, 15) is 9.59 Å². The molecular weight excluding hydrogens is 568 g/mol. The van der Waals surface area contributed by atoms with Crippen LogP contribution in [-0.4, -0.2) is 63.3 Å². The Morgan fingerprint density at radius 1 is 0.911 bits per heavy atom. The predicted molar refractivity (Wildman–Crippen MR) is 170 cm³/mol. The van der Waals surface area contributed by atoms with Crippen LogP contribution in [0.15, 0.2) is 72.8 Å². The molecule has 0 radical (unpaired) electrons. The molecule has 3 heterocycles. The zero-order valence-electron chi connectivity index (χ0n) is 26.3. The zero-order valence-corrected chi connectivity index (χ0v) is 26.3. The van der Waals surface area contributed by atoms with Crippen molar-refractivity contribution in [3.8, 4) is 11.5 Å². The smallest absolute Gasteiger partial charge is 0.311 e. The lowest BCUT2D eigenvalue weighted by Gasteiger charge is -2.50. The molecule has 3 fully saturated rings. The number of benzene rings is 3. The van der Waals surface area contributed by atoms with E-state index in [2.05, 4.69) is 23.1 Å². The molecule has 8 heteroatoms. The van der Waals surface area contributed by atoms with Crippen LogP contribution in [0.3, 0.4) is 0 Å². The van der Waals surface area contributed by atoms with Crippen LogP contribution in [-0.2, 0) is 37.6 Å². The minimum atomic E-state index is -0.643. The predicted octanol–water partition coefficient (Wildman–Crippen LogP) is 5.37. The highest BCUT2D eigenvalue weighted by atomic mass is 16.5. The second kappa shape index (κ2) is 12.1. The van der Waals surface area contributed by atoms with Crippen molar-refractivity contribution < 1.29 is 28.5 Å². The van der Waals surface area contributed by atoms with Crippen molar-refractivity contribution in [1.82, 2.24) is 4.90 Å². The molecule has 4 aliphatic rings. The third-order valence-corrected chi connectivity index (χ3v) is 10.9. The van der Waals surface area contributed by atoms with Gasteiger partial charge < -0.3 is 23.8 Å². The van der Waals surface area contributed by atoms with Crippen molar-refractivity contribution >= 4 is 17.6 Å². The van der Waals surface area contributed by atoms with E-state index in [1.54, 1.807) is 14.2 Å². The lowest BCUT2D eigenvalue weighted by molar-refractivity contribution is -0.165. The molecule has 8 nitrogen and oxygen atoms in total. The van der Waals surface area contributed by atoms with Crippen molar-refractivity contribution in [2.75, 3.05) is 39.3 Å². The quantitative estimate of drug-likeness (QED) is 0.318. The molecule has 3 aromatic carbocycles.